The molecule has 0 aliphatic rings. The summed E-state index contributed by atoms with van der Waals surface area (Å²) in [5.41, 5.74) is 1.25. The van der Waals surface area contributed by atoms with Crippen molar-refractivity contribution in [3.63, 3.8) is 0 Å². The van der Waals surface area contributed by atoms with E-state index in [1.54, 1.807) is 17.5 Å². The zero-order valence-corrected chi connectivity index (χ0v) is 12.8. The monoisotopic (exact) mass is 333 g/mol. The van der Waals surface area contributed by atoms with E-state index in [1.165, 1.54) is 17.0 Å². The molecule has 24 heavy (non-hydrogen) atoms. The van der Waals surface area contributed by atoms with E-state index in [0.717, 1.165) is 12.1 Å². The van der Waals surface area contributed by atoms with Gasteiger partial charge in [-0.05, 0) is 36.8 Å². The van der Waals surface area contributed by atoms with Crippen LogP contribution in [0.2, 0.25) is 0 Å². The minimum Gasteiger partial charge on any atom is -0.295 e. The van der Waals surface area contributed by atoms with Gasteiger partial charge in [0.25, 0.3) is 0 Å². The van der Waals surface area contributed by atoms with Crippen LogP contribution in [-0.4, -0.2) is 15.8 Å². The number of aromatic nitrogens is 2. The topological polar surface area (TPSA) is 37.6 Å². The molecular formula is C17H14F3N3O. The maximum atomic E-state index is 12.6. The Hall–Kier alpha value is -2.83. The number of imidazole rings is 1. The summed E-state index contributed by atoms with van der Waals surface area (Å²) in [5, 5.41) is 0. The lowest BCUT2D eigenvalue weighted by Crippen LogP contribution is -2.22. The van der Waals surface area contributed by atoms with Gasteiger partial charge in [0.05, 0.1) is 17.8 Å². The van der Waals surface area contributed by atoms with Crippen LogP contribution in [0.4, 0.5) is 19.0 Å². The number of hydrogen-bond acceptors (Lipinski definition) is 2. The minimum atomic E-state index is -4.37. The first-order valence-corrected chi connectivity index (χ1v) is 7.22. The largest absolute Gasteiger partial charge is 0.416 e. The number of amides is 1. The summed E-state index contributed by atoms with van der Waals surface area (Å²) in [6.07, 6.45) is -1.93. The third kappa shape index (κ3) is 2.97. The summed E-state index contributed by atoms with van der Waals surface area (Å²) in [6, 6.07) is 10.2. The molecule has 3 rings (SSSR count). The summed E-state index contributed by atoms with van der Waals surface area (Å²) in [6.45, 7) is 1.94. The highest BCUT2D eigenvalue weighted by Gasteiger charge is 2.30. The fourth-order valence-corrected chi connectivity index (χ4v) is 2.60. The number of fused-ring (bicyclic) bond motifs is 1. The van der Waals surface area contributed by atoms with Gasteiger partial charge >= 0.3 is 6.18 Å². The van der Waals surface area contributed by atoms with Gasteiger partial charge in [-0.25, -0.2) is 4.98 Å². The number of hydrogen-bond donors (Lipinski definition) is 0. The number of carbonyl (C=O) groups is 1. The summed E-state index contributed by atoms with van der Waals surface area (Å²) in [4.78, 5) is 17.3. The van der Waals surface area contributed by atoms with Crippen LogP contribution in [-0.2, 0) is 17.5 Å². The van der Waals surface area contributed by atoms with Crippen LogP contribution in [0, 0.1) is 6.92 Å². The molecule has 0 unspecified atom stereocenters. The number of pyridine rings is 1. The Morgan fingerprint density at radius 1 is 1.17 bits per heavy atom. The van der Waals surface area contributed by atoms with Gasteiger partial charge in [-0.15, -0.1) is 0 Å². The van der Waals surface area contributed by atoms with Crippen LogP contribution in [0.25, 0.3) is 5.65 Å². The minimum absolute atomic E-state index is 0.158. The summed E-state index contributed by atoms with van der Waals surface area (Å²) in [5.74, 6) is 0.598. The lowest BCUT2D eigenvalue weighted by atomic mass is 10.1. The van der Waals surface area contributed by atoms with Crippen molar-refractivity contribution >= 4 is 17.9 Å². The molecule has 4 nitrogen and oxygen atoms in total. The molecule has 1 aromatic carbocycles. The van der Waals surface area contributed by atoms with Crippen LogP contribution in [0.5, 0.6) is 0 Å². The van der Waals surface area contributed by atoms with Crippen LogP contribution in [0.15, 0.2) is 48.7 Å². The van der Waals surface area contributed by atoms with Gasteiger partial charge in [-0.2, -0.15) is 13.2 Å². The quantitative estimate of drug-likeness (QED) is 0.681. The molecule has 0 bridgehead atoms. The summed E-state index contributed by atoms with van der Waals surface area (Å²) < 4.78 is 39.6. The van der Waals surface area contributed by atoms with Gasteiger partial charge in [0, 0.05) is 6.20 Å². The van der Waals surface area contributed by atoms with E-state index >= 15 is 0 Å². The maximum absolute atomic E-state index is 12.6. The van der Waals surface area contributed by atoms with Crippen molar-refractivity contribution in [3.05, 3.63) is 65.5 Å². The average Bonchev–Trinajstić information content (AvgIpc) is 2.88. The molecule has 0 aliphatic heterocycles. The molecular weight excluding hydrogens is 319 g/mol. The van der Waals surface area contributed by atoms with Gasteiger partial charge in [-0.1, -0.05) is 18.2 Å². The fraction of sp³-hybridized carbons (Fsp3) is 0.176. The lowest BCUT2D eigenvalue weighted by molar-refractivity contribution is -0.137. The van der Waals surface area contributed by atoms with Gasteiger partial charge in [0.15, 0.2) is 0 Å². The van der Waals surface area contributed by atoms with Crippen LogP contribution >= 0.6 is 0 Å². The predicted octanol–water partition coefficient (Wildman–Crippen LogP) is 3.82. The first-order valence-electron chi connectivity index (χ1n) is 7.22. The molecule has 2 aromatic heterocycles. The standard InChI is InChI=1S/C17H14F3N3O/c1-12-16(23-9-3-2-4-15(23)21-12)22(11-24)10-13-5-7-14(8-6-13)17(18,19)20/h2-9,11H,10H2,1H3. The van der Waals surface area contributed by atoms with Crippen molar-refractivity contribution in [3.8, 4) is 0 Å². The Morgan fingerprint density at radius 2 is 1.88 bits per heavy atom. The molecule has 0 saturated carbocycles. The molecule has 0 N–H and O–H groups in total. The normalized spacial score (nSPS) is 11.7. The van der Waals surface area contributed by atoms with Crippen LogP contribution in [0.3, 0.4) is 0 Å². The van der Waals surface area contributed by atoms with Crippen molar-refractivity contribution < 1.29 is 18.0 Å². The molecule has 124 valence electrons. The van der Waals surface area contributed by atoms with Gasteiger partial charge in [-0.3, -0.25) is 14.1 Å². The number of anilines is 1. The Kier molecular flexibility index (Phi) is 4.01. The number of nitrogens with zero attached hydrogens (tertiary/aromatic N) is 3. The molecule has 7 heteroatoms. The number of alkyl halides is 3. The Bertz CT molecular complexity index is 869. The van der Waals surface area contributed by atoms with Crippen molar-refractivity contribution in [2.45, 2.75) is 19.6 Å². The second-order valence-corrected chi connectivity index (χ2v) is 5.38. The summed E-state index contributed by atoms with van der Waals surface area (Å²) in [7, 11) is 0. The average molecular weight is 333 g/mol. The Labute approximate surface area is 136 Å². The van der Waals surface area contributed by atoms with E-state index in [2.05, 4.69) is 4.98 Å². The molecule has 0 atom stereocenters. The van der Waals surface area contributed by atoms with Crippen molar-refractivity contribution in [2.75, 3.05) is 4.90 Å². The molecule has 1 amide bonds. The lowest BCUT2D eigenvalue weighted by Gasteiger charge is -2.18. The zero-order valence-electron chi connectivity index (χ0n) is 12.8. The van der Waals surface area contributed by atoms with Gasteiger partial charge in [0.1, 0.15) is 11.5 Å². The second-order valence-electron chi connectivity index (χ2n) is 5.38. The van der Waals surface area contributed by atoms with E-state index in [-0.39, 0.29) is 6.54 Å². The second kappa shape index (κ2) is 5.99. The Balaban J connectivity index is 1.92. The zero-order chi connectivity index (χ0) is 17.3. The molecule has 0 spiro atoms. The molecule has 0 fully saturated rings. The molecule has 0 saturated heterocycles. The Morgan fingerprint density at radius 3 is 2.50 bits per heavy atom. The third-order valence-electron chi connectivity index (χ3n) is 3.71. The molecule has 2 heterocycles. The fourth-order valence-electron chi connectivity index (χ4n) is 2.60. The summed E-state index contributed by atoms with van der Waals surface area (Å²) >= 11 is 0. The number of aryl methyl sites for hydroxylation is 1. The number of rotatable bonds is 4. The van der Waals surface area contributed by atoms with E-state index in [4.69, 9.17) is 0 Å². The highest BCUT2D eigenvalue weighted by atomic mass is 19.4. The van der Waals surface area contributed by atoms with E-state index < -0.39 is 11.7 Å². The van der Waals surface area contributed by atoms with Crippen molar-refractivity contribution in [2.24, 2.45) is 0 Å². The van der Waals surface area contributed by atoms with E-state index in [9.17, 15) is 18.0 Å². The van der Waals surface area contributed by atoms with Crippen LogP contribution < -0.4 is 4.90 Å². The van der Waals surface area contributed by atoms with E-state index in [0.29, 0.717) is 29.1 Å². The number of carbonyl (C=O) groups excluding carboxylic acids is 1. The first-order chi connectivity index (χ1) is 11.4. The number of benzene rings is 1. The van der Waals surface area contributed by atoms with E-state index in [1.807, 2.05) is 18.2 Å². The highest BCUT2D eigenvalue weighted by molar-refractivity contribution is 5.76. The van der Waals surface area contributed by atoms with Gasteiger partial charge < -0.3 is 0 Å². The molecule has 0 aliphatic carbocycles. The molecule has 3 aromatic rings. The number of halogens is 3. The maximum Gasteiger partial charge on any atom is 0.416 e. The predicted molar refractivity (Wildman–Crippen MR) is 83.6 cm³/mol. The third-order valence-corrected chi connectivity index (χ3v) is 3.71. The molecule has 0 radical (unpaired) electrons. The van der Waals surface area contributed by atoms with Crippen LogP contribution in [0.1, 0.15) is 16.8 Å². The highest BCUT2D eigenvalue weighted by Crippen LogP contribution is 2.29. The van der Waals surface area contributed by atoms with Crippen molar-refractivity contribution in [1.29, 1.82) is 0 Å². The SMILES string of the molecule is Cc1nc2ccccn2c1N(C=O)Cc1ccc(C(F)(F)F)cc1. The van der Waals surface area contributed by atoms with Crippen molar-refractivity contribution in [1.82, 2.24) is 9.38 Å². The smallest absolute Gasteiger partial charge is 0.295 e. The first kappa shape index (κ1) is 16.0. The van der Waals surface area contributed by atoms with Gasteiger partial charge in [0.2, 0.25) is 6.41 Å².